The van der Waals surface area contributed by atoms with E-state index in [9.17, 15) is 0 Å². The van der Waals surface area contributed by atoms with E-state index in [1.165, 1.54) is 22.9 Å². The molecule has 1 aliphatic rings. The van der Waals surface area contributed by atoms with Crippen LogP contribution < -0.4 is 5.32 Å². The summed E-state index contributed by atoms with van der Waals surface area (Å²) in [5, 5.41) is 6.52. The van der Waals surface area contributed by atoms with Gasteiger partial charge in [0.2, 0.25) is 0 Å². The number of benzene rings is 1. The molecule has 1 fully saturated rings. The van der Waals surface area contributed by atoms with E-state index in [1.807, 2.05) is 11.6 Å². The van der Waals surface area contributed by atoms with Crippen molar-refractivity contribution in [2.24, 2.45) is 0 Å². The molecule has 0 atom stereocenters. The lowest BCUT2D eigenvalue weighted by atomic mass is 9.76. The summed E-state index contributed by atoms with van der Waals surface area (Å²) in [5.74, 6) is 0.699. The average Bonchev–Trinajstić information content (AvgIpc) is 2.75. The predicted octanol–water partition coefficient (Wildman–Crippen LogP) is 4.26. The molecule has 0 radical (unpaired) electrons. The number of halogens is 1. The number of anilines is 1. The van der Waals surface area contributed by atoms with Crippen LogP contribution in [0.15, 0.2) is 40.3 Å². The second kappa shape index (κ2) is 4.78. The molecule has 2 aromatic rings. The molecule has 4 heteroatoms. The topological polar surface area (TPSA) is 24.9 Å². The van der Waals surface area contributed by atoms with E-state index in [0.717, 1.165) is 5.13 Å². The minimum absolute atomic E-state index is 0.588. The summed E-state index contributed by atoms with van der Waals surface area (Å²) in [4.78, 5) is 4.25. The van der Waals surface area contributed by atoms with E-state index in [4.69, 9.17) is 0 Å². The van der Waals surface area contributed by atoms with Crippen molar-refractivity contribution in [2.75, 3.05) is 5.32 Å². The Morgan fingerprint density at radius 2 is 2.24 bits per heavy atom. The van der Waals surface area contributed by atoms with Crippen molar-refractivity contribution in [1.29, 1.82) is 0 Å². The minimum Gasteiger partial charge on any atom is -0.359 e. The molecule has 1 heterocycles. The van der Waals surface area contributed by atoms with E-state index < -0.39 is 0 Å². The molecule has 0 bridgehead atoms. The van der Waals surface area contributed by atoms with Crippen LogP contribution in [0.1, 0.15) is 24.3 Å². The summed E-state index contributed by atoms with van der Waals surface area (Å²) < 4.78 is 1.17. The molecule has 1 aromatic carbocycles. The lowest BCUT2D eigenvalue weighted by Gasteiger charge is -2.36. The van der Waals surface area contributed by atoms with Crippen LogP contribution in [0.4, 0.5) is 5.13 Å². The maximum atomic E-state index is 4.25. The van der Waals surface area contributed by atoms with Crippen molar-refractivity contribution in [2.45, 2.75) is 24.8 Å². The highest BCUT2D eigenvalue weighted by Crippen LogP contribution is 2.39. The van der Waals surface area contributed by atoms with Gasteiger partial charge >= 0.3 is 0 Å². The normalized spacial score (nSPS) is 23.1. The first-order chi connectivity index (χ1) is 8.31. The Morgan fingerprint density at radius 3 is 2.94 bits per heavy atom. The molecule has 0 aliphatic heterocycles. The van der Waals surface area contributed by atoms with Gasteiger partial charge in [0.25, 0.3) is 0 Å². The van der Waals surface area contributed by atoms with Gasteiger partial charge in [-0.25, -0.2) is 4.98 Å². The van der Waals surface area contributed by atoms with Gasteiger partial charge in [0, 0.05) is 22.1 Å². The summed E-state index contributed by atoms with van der Waals surface area (Å²) in [6.45, 7) is 0. The maximum absolute atomic E-state index is 4.25. The van der Waals surface area contributed by atoms with Crippen molar-refractivity contribution in [3.05, 3.63) is 45.9 Å². The molecule has 0 unspecified atom stereocenters. The Kier molecular flexibility index (Phi) is 3.16. The van der Waals surface area contributed by atoms with E-state index in [-0.39, 0.29) is 0 Å². The zero-order valence-corrected chi connectivity index (χ0v) is 11.7. The molecule has 88 valence electrons. The van der Waals surface area contributed by atoms with Gasteiger partial charge in [-0.15, -0.1) is 11.3 Å². The minimum atomic E-state index is 0.588. The van der Waals surface area contributed by atoms with Crippen LogP contribution in [0, 0.1) is 0 Å². The van der Waals surface area contributed by atoms with E-state index in [1.54, 1.807) is 11.3 Å². The van der Waals surface area contributed by atoms with Gasteiger partial charge < -0.3 is 5.32 Å². The first kappa shape index (κ1) is 11.2. The third-order valence-corrected chi connectivity index (χ3v) is 4.42. The Balaban J connectivity index is 1.58. The van der Waals surface area contributed by atoms with Crippen LogP contribution in [-0.2, 0) is 0 Å². The summed E-state index contributed by atoms with van der Waals surface area (Å²) in [7, 11) is 0. The monoisotopic (exact) mass is 308 g/mol. The number of rotatable bonds is 3. The Labute approximate surface area is 113 Å². The molecule has 1 N–H and O–H groups in total. The Bertz CT molecular complexity index is 492. The second-order valence-corrected chi connectivity index (χ2v) is 6.21. The lowest BCUT2D eigenvalue weighted by Crippen LogP contribution is -2.33. The molecule has 2 nitrogen and oxygen atoms in total. The Morgan fingerprint density at radius 1 is 1.35 bits per heavy atom. The molecule has 0 amide bonds. The Hall–Kier alpha value is -0.870. The lowest BCUT2D eigenvalue weighted by molar-refractivity contribution is 0.374. The summed E-state index contributed by atoms with van der Waals surface area (Å²) in [5.41, 5.74) is 1.44. The number of nitrogens with zero attached hydrogens (tertiary/aromatic N) is 1. The highest BCUT2D eigenvalue weighted by molar-refractivity contribution is 9.10. The van der Waals surface area contributed by atoms with Crippen molar-refractivity contribution >= 4 is 32.4 Å². The fourth-order valence-electron chi connectivity index (χ4n) is 2.24. The number of aromatic nitrogens is 1. The number of nitrogens with one attached hydrogen (secondary N) is 1. The van der Waals surface area contributed by atoms with Gasteiger partial charge in [-0.1, -0.05) is 28.1 Å². The van der Waals surface area contributed by atoms with Gasteiger partial charge in [-0.3, -0.25) is 0 Å². The molecule has 1 aromatic heterocycles. The van der Waals surface area contributed by atoms with Crippen LogP contribution in [-0.4, -0.2) is 11.0 Å². The third-order valence-electron chi connectivity index (χ3n) is 3.22. The molecule has 1 saturated carbocycles. The summed E-state index contributed by atoms with van der Waals surface area (Å²) in [6, 6.07) is 9.22. The first-order valence-electron chi connectivity index (χ1n) is 5.73. The zero-order chi connectivity index (χ0) is 11.7. The van der Waals surface area contributed by atoms with Crippen LogP contribution in [0.5, 0.6) is 0 Å². The molecule has 0 spiro atoms. The molecule has 3 rings (SSSR count). The largest absolute Gasteiger partial charge is 0.359 e. The van der Waals surface area contributed by atoms with Crippen molar-refractivity contribution in [3.8, 4) is 0 Å². The highest BCUT2D eigenvalue weighted by atomic mass is 79.9. The van der Waals surface area contributed by atoms with Gasteiger partial charge in [0.1, 0.15) is 0 Å². The van der Waals surface area contributed by atoms with E-state index in [0.29, 0.717) is 12.0 Å². The number of hydrogen-bond donors (Lipinski definition) is 1. The SMILES string of the molecule is Brc1cccc(C2CC(Nc3nccs3)C2)c1. The molecule has 1 aliphatic carbocycles. The summed E-state index contributed by atoms with van der Waals surface area (Å²) in [6.07, 6.45) is 4.25. The number of thiazole rings is 1. The molecular weight excluding hydrogens is 296 g/mol. The van der Waals surface area contributed by atoms with Crippen LogP contribution >= 0.6 is 27.3 Å². The third kappa shape index (κ3) is 2.53. The van der Waals surface area contributed by atoms with E-state index in [2.05, 4.69) is 50.5 Å². The van der Waals surface area contributed by atoms with Crippen LogP contribution in [0.25, 0.3) is 0 Å². The van der Waals surface area contributed by atoms with Gasteiger partial charge in [0.05, 0.1) is 0 Å². The van der Waals surface area contributed by atoms with Gasteiger partial charge in [-0.2, -0.15) is 0 Å². The molecule has 17 heavy (non-hydrogen) atoms. The highest BCUT2D eigenvalue weighted by Gasteiger charge is 2.30. The van der Waals surface area contributed by atoms with Crippen molar-refractivity contribution in [3.63, 3.8) is 0 Å². The second-order valence-electron chi connectivity index (χ2n) is 4.40. The fourth-order valence-corrected chi connectivity index (χ4v) is 3.26. The molecular formula is C13H13BrN2S. The van der Waals surface area contributed by atoms with Gasteiger partial charge in [0.15, 0.2) is 5.13 Å². The molecule has 0 saturated heterocycles. The van der Waals surface area contributed by atoms with E-state index >= 15 is 0 Å². The maximum Gasteiger partial charge on any atom is 0.182 e. The van der Waals surface area contributed by atoms with Crippen molar-refractivity contribution < 1.29 is 0 Å². The summed E-state index contributed by atoms with van der Waals surface area (Å²) >= 11 is 5.19. The van der Waals surface area contributed by atoms with Gasteiger partial charge in [-0.05, 0) is 36.5 Å². The number of hydrogen-bond acceptors (Lipinski definition) is 3. The quantitative estimate of drug-likeness (QED) is 0.916. The standard InChI is InChI=1S/C13H13BrN2S/c14-11-3-1-2-9(6-11)10-7-12(8-10)16-13-15-4-5-17-13/h1-6,10,12H,7-8H2,(H,15,16). The van der Waals surface area contributed by atoms with Crippen molar-refractivity contribution in [1.82, 2.24) is 4.98 Å². The average molecular weight is 309 g/mol. The predicted molar refractivity (Wildman–Crippen MR) is 75.6 cm³/mol. The van der Waals surface area contributed by atoms with Crippen LogP contribution in [0.3, 0.4) is 0 Å². The fraction of sp³-hybridized carbons (Fsp3) is 0.308. The van der Waals surface area contributed by atoms with Crippen LogP contribution in [0.2, 0.25) is 0 Å². The zero-order valence-electron chi connectivity index (χ0n) is 9.27. The first-order valence-corrected chi connectivity index (χ1v) is 7.40. The smallest absolute Gasteiger partial charge is 0.182 e.